The highest BCUT2D eigenvalue weighted by molar-refractivity contribution is 6.00. The van der Waals surface area contributed by atoms with Crippen LogP contribution in [0.4, 0.5) is 10.5 Å². The third kappa shape index (κ3) is 3.93. The van der Waals surface area contributed by atoms with Gasteiger partial charge in [0.25, 0.3) is 5.91 Å². The van der Waals surface area contributed by atoms with Crippen LogP contribution in [0.5, 0.6) is 5.75 Å². The van der Waals surface area contributed by atoms with Gasteiger partial charge in [0.05, 0.1) is 12.8 Å². The molecule has 1 saturated heterocycles. The summed E-state index contributed by atoms with van der Waals surface area (Å²) in [4.78, 5) is 26.4. The normalized spacial score (nSPS) is 19.2. The van der Waals surface area contributed by atoms with Gasteiger partial charge in [0.15, 0.2) is 0 Å². The summed E-state index contributed by atoms with van der Waals surface area (Å²) in [6, 6.07) is 4.98. The lowest BCUT2D eigenvalue weighted by Gasteiger charge is -2.30. The quantitative estimate of drug-likeness (QED) is 0.721. The van der Waals surface area contributed by atoms with Crippen molar-refractivity contribution in [3.8, 4) is 5.75 Å². The lowest BCUT2D eigenvalue weighted by molar-refractivity contribution is 0.0915. The number of benzene rings is 1. The fourth-order valence-electron chi connectivity index (χ4n) is 3.90. The zero-order valence-corrected chi connectivity index (χ0v) is 15.3. The van der Waals surface area contributed by atoms with E-state index in [0.29, 0.717) is 42.6 Å². The van der Waals surface area contributed by atoms with Gasteiger partial charge in [0.1, 0.15) is 5.75 Å². The lowest BCUT2D eigenvalue weighted by atomic mass is 9.84. The maximum Gasteiger partial charge on any atom is 0.322 e. The van der Waals surface area contributed by atoms with Crippen LogP contribution in [-0.4, -0.2) is 44.7 Å². The van der Waals surface area contributed by atoms with Crippen LogP contribution in [0.1, 0.15) is 42.5 Å². The van der Waals surface area contributed by atoms with E-state index in [1.807, 2.05) is 0 Å². The zero-order valence-electron chi connectivity index (χ0n) is 15.3. The molecular weight excluding hydrogens is 332 g/mol. The van der Waals surface area contributed by atoms with Crippen LogP contribution >= 0.6 is 0 Å². The molecule has 2 fully saturated rings. The zero-order chi connectivity index (χ0) is 18.5. The summed E-state index contributed by atoms with van der Waals surface area (Å²) in [6.07, 6.45) is 5.90. The summed E-state index contributed by atoms with van der Waals surface area (Å²) in [6.45, 7) is 1.57. The Balaban J connectivity index is 1.77. The molecule has 0 aromatic heterocycles. The summed E-state index contributed by atoms with van der Waals surface area (Å²) in [5.41, 5.74) is 7.04. The van der Waals surface area contributed by atoms with Crippen LogP contribution in [0.2, 0.25) is 0 Å². The average molecular weight is 360 g/mol. The molecule has 26 heavy (non-hydrogen) atoms. The first-order chi connectivity index (χ1) is 12.6. The standard InChI is InChI=1S/C19H28N4O3/c1-26-17-8-7-14(11-16(17)23-10-9-21-19(23)25)18(24)22-15(12-20)13-5-3-2-4-6-13/h7-8,11,13,15H,2-6,9-10,12,20H2,1H3,(H,21,25)(H,22,24). The van der Waals surface area contributed by atoms with Gasteiger partial charge in [-0.15, -0.1) is 0 Å². The van der Waals surface area contributed by atoms with Crippen molar-refractivity contribution < 1.29 is 14.3 Å². The van der Waals surface area contributed by atoms with Gasteiger partial charge < -0.3 is 21.1 Å². The van der Waals surface area contributed by atoms with E-state index in [-0.39, 0.29) is 18.0 Å². The van der Waals surface area contributed by atoms with Crippen molar-refractivity contribution in [2.75, 3.05) is 31.6 Å². The largest absolute Gasteiger partial charge is 0.495 e. The molecule has 1 unspecified atom stereocenters. The minimum atomic E-state index is -0.178. The second-order valence-corrected chi connectivity index (χ2v) is 6.98. The second kappa shape index (κ2) is 8.40. The van der Waals surface area contributed by atoms with Crippen molar-refractivity contribution >= 4 is 17.6 Å². The number of methoxy groups -OCH3 is 1. The Hall–Kier alpha value is -2.28. The third-order valence-electron chi connectivity index (χ3n) is 5.38. The molecule has 142 valence electrons. The molecule has 0 spiro atoms. The van der Waals surface area contributed by atoms with E-state index in [9.17, 15) is 9.59 Å². The molecule has 1 saturated carbocycles. The fraction of sp³-hybridized carbons (Fsp3) is 0.579. The van der Waals surface area contributed by atoms with Gasteiger partial charge >= 0.3 is 6.03 Å². The second-order valence-electron chi connectivity index (χ2n) is 6.98. The highest BCUT2D eigenvalue weighted by atomic mass is 16.5. The van der Waals surface area contributed by atoms with E-state index >= 15 is 0 Å². The Morgan fingerprint density at radius 2 is 2.15 bits per heavy atom. The number of nitrogens with two attached hydrogens (primary N) is 1. The topological polar surface area (TPSA) is 96.7 Å². The maximum atomic E-state index is 12.8. The monoisotopic (exact) mass is 360 g/mol. The molecule has 7 nitrogen and oxygen atoms in total. The van der Waals surface area contributed by atoms with Crippen molar-refractivity contribution in [2.24, 2.45) is 11.7 Å². The Kier molecular flexibility index (Phi) is 5.98. The fourth-order valence-corrected chi connectivity index (χ4v) is 3.90. The van der Waals surface area contributed by atoms with Crippen molar-refractivity contribution in [3.63, 3.8) is 0 Å². The van der Waals surface area contributed by atoms with E-state index in [2.05, 4.69) is 10.6 Å². The number of carbonyl (C=O) groups is 2. The van der Waals surface area contributed by atoms with Crippen LogP contribution in [-0.2, 0) is 0 Å². The van der Waals surface area contributed by atoms with E-state index < -0.39 is 0 Å². The minimum Gasteiger partial charge on any atom is -0.495 e. The predicted octanol–water partition coefficient (Wildman–Crippen LogP) is 1.86. The van der Waals surface area contributed by atoms with E-state index in [1.165, 1.54) is 19.3 Å². The van der Waals surface area contributed by atoms with Crippen molar-refractivity contribution in [1.29, 1.82) is 0 Å². The first kappa shape index (κ1) is 18.5. The summed E-state index contributed by atoms with van der Waals surface area (Å²) < 4.78 is 5.36. The number of amides is 3. The van der Waals surface area contributed by atoms with Crippen LogP contribution in [0, 0.1) is 5.92 Å². The lowest BCUT2D eigenvalue weighted by Crippen LogP contribution is -2.46. The molecule has 1 aromatic carbocycles. The van der Waals surface area contributed by atoms with Gasteiger partial charge in [0, 0.05) is 31.2 Å². The maximum absolute atomic E-state index is 12.8. The Labute approximate surface area is 154 Å². The molecule has 3 amide bonds. The molecule has 0 radical (unpaired) electrons. The summed E-state index contributed by atoms with van der Waals surface area (Å²) >= 11 is 0. The first-order valence-electron chi connectivity index (χ1n) is 9.38. The van der Waals surface area contributed by atoms with E-state index in [1.54, 1.807) is 30.2 Å². The van der Waals surface area contributed by atoms with Gasteiger partial charge in [-0.25, -0.2) is 4.79 Å². The number of nitrogens with one attached hydrogen (secondary N) is 2. The summed E-state index contributed by atoms with van der Waals surface area (Å²) in [7, 11) is 1.56. The van der Waals surface area contributed by atoms with Crippen molar-refractivity contribution in [3.05, 3.63) is 23.8 Å². The third-order valence-corrected chi connectivity index (χ3v) is 5.38. The van der Waals surface area contributed by atoms with Crippen LogP contribution < -0.4 is 26.0 Å². The molecular formula is C19H28N4O3. The summed E-state index contributed by atoms with van der Waals surface area (Å²) in [5.74, 6) is 0.857. The van der Waals surface area contributed by atoms with E-state index in [4.69, 9.17) is 10.5 Å². The Bertz CT molecular complexity index is 658. The number of carbonyl (C=O) groups excluding carboxylic acids is 2. The molecule has 1 heterocycles. The average Bonchev–Trinajstić information content (AvgIpc) is 3.11. The molecule has 2 aliphatic rings. The number of ether oxygens (including phenoxy) is 1. The Morgan fingerprint density at radius 1 is 1.38 bits per heavy atom. The summed E-state index contributed by atoms with van der Waals surface area (Å²) in [5, 5.41) is 5.86. The van der Waals surface area contributed by atoms with Crippen LogP contribution in [0.25, 0.3) is 0 Å². The van der Waals surface area contributed by atoms with E-state index in [0.717, 1.165) is 12.8 Å². The number of rotatable bonds is 6. The molecule has 1 atom stereocenters. The molecule has 4 N–H and O–H groups in total. The van der Waals surface area contributed by atoms with Gasteiger partial charge in [-0.05, 0) is 37.0 Å². The van der Waals surface area contributed by atoms with Crippen molar-refractivity contribution in [2.45, 2.75) is 38.1 Å². The molecule has 3 rings (SSSR count). The molecule has 1 aromatic rings. The minimum absolute atomic E-state index is 0.0107. The van der Waals surface area contributed by atoms with Crippen LogP contribution in [0.15, 0.2) is 18.2 Å². The molecule has 1 aliphatic carbocycles. The highest BCUT2D eigenvalue weighted by Crippen LogP contribution is 2.31. The number of hydrogen-bond donors (Lipinski definition) is 3. The van der Waals surface area contributed by atoms with Gasteiger partial charge in [-0.3, -0.25) is 9.69 Å². The van der Waals surface area contributed by atoms with Gasteiger partial charge in [-0.2, -0.15) is 0 Å². The smallest absolute Gasteiger partial charge is 0.322 e. The molecule has 7 heteroatoms. The number of nitrogens with zero attached hydrogens (tertiary/aromatic N) is 1. The molecule has 0 bridgehead atoms. The van der Waals surface area contributed by atoms with Gasteiger partial charge in [-0.1, -0.05) is 19.3 Å². The van der Waals surface area contributed by atoms with Gasteiger partial charge in [0.2, 0.25) is 0 Å². The number of anilines is 1. The van der Waals surface area contributed by atoms with Crippen molar-refractivity contribution in [1.82, 2.24) is 10.6 Å². The first-order valence-corrected chi connectivity index (χ1v) is 9.38. The predicted molar refractivity (Wildman–Crippen MR) is 101 cm³/mol. The Morgan fingerprint density at radius 3 is 2.77 bits per heavy atom. The highest BCUT2D eigenvalue weighted by Gasteiger charge is 2.27. The van der Waals surface area contributed by atoms with Crippen LogP contribution in [0.3, 0.4) is 0 Å². The molecule has 1 aliphatic heterocycles. The number of urea groups is 1. The number of hydrogen-bond acceptors (Lipinski definition) is 4. The SMILES string of the molecule is COc1ccc(C(=O)NC(CN)C2CCCCC2)cc1N1CCNC1=O.